The van der Waals surface area contributed by atoms with Gasteiger partial charge >= 0.3 is 5.97 Å². The molecular weight excluding hydrogens is 524 g/mol. The molecule has 1 aliphatic rings. The van der Waals surface area contributed by atoms with Gasteiger partial charge in [0.05, 0.1) is 19.8 Å². The van der Waals surface area contributed by atoms with Crippen LogP contribution in [0.1, 0.15) is 71.1 Å². The second-order valence-electron chi connectivity index (χ2n) is 10.2. The summed E-state index contributed by atoms with van der Waals surface area (Å²) in [6.45, 7) is 4.39. The summed E-state index contributed by atoms with van der Waals surface area (Å²) in [5.74, 6) is 2.00. The summed E-state index contributed by atoms with van der Waals surface area (Å²) in [6, 6.07) is 14.9. The van der Waals surface area contributed by atoms with E-state index in [2.05, 4.69) is 6.92 Å². The maximum absolute atomic E-state index is 12.4. The topological polar surface area (TPSA) is 81.7 Å². The number of esters is 1. The van der Waals surface area contributed by atoms with E-state index in [0.717, 1.165) is 12.8 Å². The van der Waals surface area contributed by atoms with Gasteiger partial charge in [0.25, 0.3) is 0 Å². The Morgan fingerprint density at radius 1 is 0.659 bits per heavy atom. The molecule has 2 aromatic carbocycles. The highest BCUT2D eigenvalue weighted by atomic mass is 16.6. The van der Waals surface area contributed by atoms with Crippen LogP contribution in [0.2, 0.25) is 0 Å². The first-order chi connectivity index (χ1) is 20.3. The van der Waals surface area contributed by atoms with E-state index in [0.29, 0.717) is 56.0 Å². The summed E-state index contributed by atoms with van der Waals surface area (Å²) < 4.78 is 40.7. The van der Waals surface area contributed by atoms with Crippen molar-refractivity contribution in [1.82, 2.24) is 0 Å². The summed E-state index contributed by atoms with van der Waals surface area (Å²) in [7, 11) is 0. The smallest absolute Gasteiger partial charge is 0.332 e. The van der Waals surface area contributed by atoms with Gasteiger partial charge in [0, 0.05) is 0 Å². The van der Waals surface area contributed by atoms with Crippen LogP contribution in [0.25, 0.3) is 0 Å². The number of benzene rings is 2. The Labute approximate surface area is 245 Å². The molecule has 0 amide bonds. The molecule has 8 heteroatoms. The van der Waals surface area contributed by atoms with E-state index >= 15 is 0 Å². The molecule has 0 aliphatic carbocycles. The van der Waals surface area contributed by atoms with Crippen molar-refractivity contribution in [2.45, 2.75) is 77.2 Å². The van der Waals surface area contributed by atoms with Gasteiger partial charge in [0.15, 0.2) is 23.0 Å². The summed E-state index contributed by atoms with van der Waals surface area (Å²) in [5.41, 5.74) is 0. The molecule has 228 valence electrons. The standard InChI is InChI=1S/C33H48O8/c1-2-3-4-5-6-7-8-9-10-15-20-38-33(34)27-39-28-25-40-31-18-13-11-16-29(31)36-23-21-35-22-24-37-30-17-12-14-19-32(30)41-26-28/h11-14,16-19,28H,2-10,15,20-27H2,1H3. The average Bonchev–Trinajstić information content (AvgIpc) is 2.99. The molecule has 8 nitrogen and oxygen atoms in total. The highest BCUT2D eigenvalue weighted by Gasteiger charge is 2.18. The Balaban J connectivity index is 1.44. The van der Waals surface area contributed by atoms with Crippen molar-refractivity contribution in [2.24, 2.45) is 0 Å². The van der Waals surface area contributed by atoms with Crippen molar-refractivity contribution >= 4 is 5.97 Å². The molecule has 0 unspecified atom stereocenters. The molecule has 41 heavy (non-hydrogen) atoms. The van der Waals surface area contributed by atoms with Crippen LogP contribution < -0.4 is 18.9 Å². The zero-order valence-corrected chi connectivity index (χ0v) is 24.7. The first-order valence-corrected chi connectivity index (χ1v) is 15.3. The lowest BCUT2D eigenvalue weighted by molar-refractivity contribution is -0.152. The molecule has 0 fully saturated rings. The van der Waals surface area contributed by atoms with Crippen molar-refractivity contribution < 1.29 is 38.0 Å². The Morgan fingerprint density at radius 2 is 1.12 bits per heavy atom. The van der Waals surface area contributed by atoms with E-state index in [1.54, 1.807) is 0 Å². The van der Waals surface area contributed by atoms with Gasteiger partial charge in [-0.25, -0.2) is 4.79 Å². The van der Waals surface area contributed by atoms with Crippen molar-refractivity contribution in [3.63, 3.8) is 0 Å². The van der Waals surface area contributed by atoms with E-state index in [-0.39, 0.29) is 25.8 Å². The molecule has 0 saturated heterocycles. The number of rotatable bonds is 14. The van der Waals surface area contributed by atoms with E-state index in [9.17, 15) is 4.79 Å². The number of para-hydroxylation sites is 4. The molecule has 1 aliphatic heterocycles. The summed E-state index contributed by atoms with van der Waals surface area (Å²) in [5, 5.41) is 0. The van der Waals surface area contributed by atoms with Crippen LogP contribution in [0.4, 0.5) is 0 Å². The van der Waals surface area contributed by atoms with Gasteiger partial charge in [-0.15, -0.1) is 0 Å². The Kier molecular flexibility index (Phi) is 16.5. The Hall–Kier alpha value is -2.97. The average molecular weight is 573 g/mol. The van der Waals surface area contributed by atoms with Crippen LogP contribution in [0.3, 0.4) is 0 Å². The minimum absolute atomic E-state index is 0.158. The first kappa shape index (κ1) is 32.5. The minimum atomic E-state index is -0.530. The monoisotopic (exact) mass is 572 g/mol. The number of carbonyl (C=O) groups excluding carboxylic acids is 1. The van der Waals surface area contributed by atoms with E-state index in [4.69, 9.17) is 33.2 Å². The zero-order chi connectivity index (χ0) is 28.8. The van der Waals surface area contributed by atoms with Gasteiger partial charge in [-0.1, -0.05) is 89.0 Å². The third kappa shape index (κ3) is 14.0. The maximum atomic E-state index is 12.4. The molecule has 0 bridgehead atoms. The second kappa shape index (κ2) is 20.8. The number of unbranched alkanes of at least 4 members (excludes halogenated alkanes) is 9. The van der Waals surface area contributed by atoms with Crippen molar-refractivity contribution in [1.29, 1.82) is 0 Å². The molecule has 0 N–H and O–H groups in total. The molecule has 3 rings (SSSR count). The third-order valence-electron chi connectivity index (χ3n) is 6.72. The molecule has 0 aromatic heterocycles. The van der Waals surface area contributed by atoms with Crippen LogP contribution in [-0.4, -0.2) is 64.9 Å². The van der Waals surface area contributed by atoms with Gasteiger partial charge in [0.1, 0.15) is 39.1 Å². The Bertz CT molecular complexity index is 910. The quantitative estimate of drug-likeness (QED) is 0.181. The van der Waals surface area contributed by atoms with Gasteiger partial charge in [0.2, 0.25) is 0 Å². The highest BCUT2D eigenvalue weighted by Crippen LogP contribution is 2.28. The van der Waals surface area contributed by atoms with Gasteiger partial charge in [-0.2, -0.15) is 0 Å². The van der Waals surface area contributed by atoms with Crippen LogP contribution in [0.5, 0.6) is 23.0 Å². The lowest BCUT2D eigenvalue weighted by Crippen LogP contribution is -2.31. The van der Waals surface area contributed by atoms with Gasteiger partial charge < -0.3 is 33.2 Å². The van der Waals surface area contributed by atoms with Crippen LogP contribution in [0, 0.1) is 0 Å². The van der Waals surface area contributed by atoms with Gasteiger partial charge in [-0.05, 0) is 30.7 Å². The molecule has 0 atom stereocenters. The summed E-state index contributed by atoms with van der Waals surface area (Å²) in [6.07, 6.45) is 11.8. The van der Waals surface area contributed by atoms with E-state index < -0.39 is 6.10 Å². The summed E-state index contributed by atoms with van der Waals surface area (Å²) in [4.78, 5) is 12.4. The SMILES string of the molecule is CCCCCCCCCCCCOC(=O)COC1COc2ccccc2OCCOCCOc2ccccc2OC1. The highest BCUT2D eigenvalue weighted by molar-refractivity contribution is 5.70. The second-order valence-corrected chi connectivity index (χ2v) is 10.2. The molecule has 2 aromatic rings. The third-order valence-corrected chi connectivity index (χ3v) is 6.72. The van der Waals surface area contributed by atoms with Crippen molar-refractivity contribution in [3.05, 3.63) is 48.5 Å². The number of hydrogen-bond acceptors (Lipinski definition) is 8. The van der Waals surface area contributed by atoms with Gasteiger partial charge in [-0.3, -0.25) is 0 Å². The predicted molar refractivity (Wildman–Crippen MR) is 158 cm³/mol. The predicted octanol–water partition coefficient (Wildman–Crippen LogP) is 6.78. The number of fused-ring (bicyclic) bond motifs is 2. The van der Waals surface area contributed by atoms with Crippen LogP contribution in [-0.2, 0) is 19.0 Å². The minimum Gasteiger partial charge on any atom is -0.487 e. The fourth-order valence-corrected chi connectivity index (χ4v) is 4.41. The lowest BCUT2D eigenvalue weighted by Gasteiger charge is -2.21. The van der Waals surface area contributed by atoms with E-state index in [1.165, 1.54) is 51.4 Å². The number of carbonyl (C=O) groups is 1. The molecule has 1 heterocycles. The Morgan fingerprint density at radius 3 is 1.63 bits per heavy atom. The number of hydrogen-bond donors (Lipinski definition) is 0. The normalized spacial score (nSPS) is 14.9. The molecule has 0 saturated carbocycles. The number of ether oxygens (including phenoxy) is 7. The maximum Gasteiger partial charge on any atom is 0.332 e. The first-order valence-electron chi connectivity index (χ1n) is 15.3. The fraction of sp³-hybridized carbons (Fsp3) is 0.606. The van der Waals surface area contributed by atoms with Crippen LogP contribution in [0.15, 0.2) is 48.5 Å². The molecular formula is C33H48O8. The lowest BCUT2D eigenvalue weighted by atomic mass is 10.1. The summed E-state index contributed by atoms with van der Waals surface area (Å²) >= 11 is 0. The van der Waals surface area contributed by atoms with E-state index in [1.807, 2.05) is 48.5 Å². The van der Waals surface area contributed by atoms with Crippen LogP contribution >= 0.6 is 0 Å². The van der Waals surface area contributed by atoms with Crippen molar-refractivity contribution in [2.75, 3.05) is 52.9 Å². The zero-order valence-electron chi connectivity index (χ0n) is 24.7. The molecule has 0 radical (unpaired) electrons. The largest absolute Gasteiger partial charge is 0.487 e. The van der Waals surface area contributed by atoms with Crippen molar-refractivity contribution in [3.8, 4) is 23.0 Å². The fourth-order valence-electron chi connectivity index (χ4n) is 4.41. The molecule has 0 spiro atoms.